The van der Waals surface area contributed by atoms with Crippen LogP contribution in [0.3, 0.4) is 0 Å². The van der Waals surface area contributed by atoms with Crippen molar-refractivity contribution in [3.63, 3.8) is 0 Å². The van der Waals surface area contributed by atoms with Crippen LogP contribution >= 0.6 is 0 Å². The van der Waals surface area contributed by atoms with Gasteiger partial charge in [-0.1, -0.05) is 30.3 Å². The average Bonchev–Trinajstić information content (AvgIpc) is 3.30. The first kappa shape index (κ1) is 21.8. The fourth-order valence-electron chi connectivity index (χ4n) is 4.26. The van der Waals surface area contributed by atoms with Crippen LogP contribution in [0, 0.1) is 0 Å². The van der Waals surface area contributed by atoms with Gasteiger partial charge >= 0.3 is 6.09 Å². The van der Waals surface area contributed by atoms with Crippen molar-refractivity contribution in [1.82, 2.24) is 29.2 Å². The number of fused-ring (bicyclic) bond motifs is 1. The summed E-state index contributed by atoms with van der Waals surface area (Å²) >= 11 is 0. The average molecular weight is 460 g/mol. The third-order valence-electron chi connectivity index (χ3n) is 5.95. The number of rotatable bonds is 5. The van der Waals surface area contributed by atoms with Crippen molar-refractivity contribution in [2.75, 3.05) is 13.1 Å². The molecule has 1 N–H and O–H groups in total. The van der Waals surface area contributed by atoms with E-state index in [1.54, 1.807) is 29.2 Å². The lowest BCUT2D eigenvalue weighted by atomic mass is 9.93. The SMILES string of the molecule is O=C(OCc1ccccc1)N1CCCC(O)(Cn2cnc3c(cnn3-c3ccncc3)c2=O)C1. The van der Waals surface area contributed by atoms with Crippen LogP contribution in [0.5, 0.6) is 0 Å². The Morgan fingerprint density at radius 2 is 1.94 bits per heavy atom. The smallest absolute Gasteiger partial charge is 0.410 e. The molecule has 3 aromatic heterocycles. The van der Waals surface area contributed by atoms with E-state index in [1.807, 2.05) is 30.3 Å². The number of likely N-dealkylation sites (tertiary alicyclic amines) is 1. The number of ether oxygens (including phenoxy) is 1. The summed E-state index contributed by atoms with van der Waals surface area (Å²) in [5, 5.41) is 15.9. The molecule has 34 heavy (non-hydrogen) atoms. The Balaban J connectivity index is 1.31. The van der Waals surface area contributed by atoms with Crippen molar-refractivity contribution in [2.24, 2.45) is 0 Å². The minimum Gasteiger partial charge on any atom is -0.445 e. The first-order chi connectivity index (χ1) is 16.5. The number of piperidine rings is 1. The Bertz CT molecular complexity index is 1350. The molecule has 1 amide bonds. The third-order valence-corrected chi connectivity index (χ3v) is 5.95. The molecule has 0 radical (unpaired) electrons. The minimum atomic E-state index is -1.27. The Kier molecular flexibility index (Phi) is 5.81. The molecule has 1 aromatic carbocycles. The van der Waals surface area contributed by atoms with Crippen LogP contribution < -0.4 is 5.56 Å². The second-order valence-corrected chi connectivity index (χ2v) is 8.47. The maximum absolute atomic E-state index is 13.1. The van der Waals surface area contributed by atoms with Gasteiger partial charge in [-0.2, -0.15) is 5.10 Å². The van der Waals surface area contributed by atoms with Gasteiger partial charge in [-0.3, -0.25) is 14.3 Å². The minimum absolute atomic E-state index is 0.0116. The van der Waals surface area contributed by atoms with Crippen LogP contribution in [0.15, 0.2) is 72.2 Å². The summed E-state index contributed by atoms with van der Waals surface area (Å²) in [5.41, 5.74) is 0.480. The number of carbonyl (C=O) groups excluding carboxylic acids is 1. The highest BCUT2D eigenvalue weighted by Gasteiger charge is 2.36. The molecule has 1 aliphatic heterocycles. The van der Waals surface area contributed by atoms with Gasteiger partial charge in [-0.05, 0) is 30.5 Å². The molecule has 0 aliphatic carbocycles. The van der Waals surface area contributed by atoms with Crippen molar-refractivity contribution >= 4 is 17.1 Å². The first-order valence-corrected chi connectivity index (χ1v) is 11.0. The lowest BCUT2D eigenvalue weighted by molar-refractivity contribution is -0.0424. The zero-order valence-electron chi connectivity index (χ0n) is 18.4. The zero-order valence-corrected chi connectivity index (χ0v) is 18.4. The van der Waals surface area contributed by atoms with Gasteiger partial charge in [0, 0.05) is 18.9 Å². The summed E-state index contributed by atoms with van der Waals surface area (Å²) in [6.45, 7) is 0.732. The maximum atomic E-state index is 13.1. The van der Waals surface area contributed by atoms with Crippen LogP contribution in [0.1, 0.15) is 18.4 Å². The summed E-state index contributed by atoms with van der Waals surface area (Å²) < 4.78 is 8.36. The zero-order chi connectivity index (χ0) is 23.5. The maximum Gasteiger partial charge on any atom is 0.410 e. The number of nitrogens with zero attached hydrogens (tertiary/aromatic N) is 6. The quantitative estimate of drug-likeness (QED) is 0.485. The number of aromatic nitrogens is 5. The summed E-state index contributed by atoms with van der Waals surface area (Å²) in [4.78, 5) is 35.6. The molecule has 1 aliphatic rings. The molecule has 0 spiro atoms. The van der Waals surface area contributed by atoms with Crippen molar-refractivity contribution in [3.8, 4) is 5.69 Å². The summed E-state index contributed by atoms with van der Waals surface area (Å²) in [6.07, 6.45) is 6.73. The van der Waals surface area contributed by atoms with Gasteiger partial charge in [0.15, 0.2) is 5.65 Å². The van der Waals surface area contributed by atoms with Gasteiger partial charge in [0.05, 0.1) is 25.0 Å². The Morgan fingerprint density at radius 1 is 1.15 bits per heavy atom. The van der Waals surface area contributed by atoms with Gasteiger partial charge in [-0.15, -0.1) is 0 Å². The van der Waals surface area contributed by atoms with E-state index in [2.05, 4.69) is 15.1 Å². The molecule has 4 aromatic rings. The number of pyridine rings is 1. The predicted octanol–water partition coefficient (Wildman–Crippen LogP) is 2.14. The van der Waals surface area contributed by atoms with Crippen LogP contribution in [-0.4, -0.2) is 59.1 Å². The molecule has 1 unspecified atom stereocenters. The summed E-state index contributed by atoms with van der Waals surface area (Å²) in [7, 11) is 0. The van der Waals surface area contributed by atoms with E-state index in [0.717, 1.165) is 11.3 Å². The fourth-order valence-corrected chi connectivity index (χ4v) is 4.26. The highest BCUT2D eigenvalue weighted by atomic mass is 16.6. The van der Waals surface area contributed by atoms with Gasteiger partial charge in [-0.25, -0.2) is 14.5 Å². The molecule has 0 bridgehead atoms. The van der Waals surface area contributed by atoms with Crippen LogP contribution in [-0.2, 0) is 17.9 Å². The lowest BCUT2D eigenvalue weighted by Gasteiger charge is -2.38. The molecule has 1 saturated heterocycles. The van der Waals surface area contributed by atoms with E-state index < -0.39 is 11.7 Å². The number of hydrogen-bond acceptors (Lipinski definition) is 7. The topological polar surface area (TPSA) is 115 Å². The Morgan fingerprint density at radius 3 is 2.74 bits per heavy atom. The van der Waals surface area contributed by atoms with E-state index in [9.17, 15) is 14.7 Å². The normalized spacial score (nSPS) is 18.2. The van der Waals surface area contributed by atoms with Crippen molar-refractivity contribution in [1.29, 1.82) is 0 Å². The van der Waals surface area contributed by atoms with Crippen LogP contribution in [0.25, 0.3) is 16.7 Å². The highest BCUT2D eigenvalue weighted by Crippen LogP contribution is 2.24. The molecule has 10 heteroatoms. The number of aliphatic hydroxyl groups is 1. The molecular formula is C24H24N6O4. The van der Waals surface area contributed by atoms with Crippen molar-refractivity contribution < 1.29 is 14.6 Å². The van der Waals surface area contributed by atoms with Crippen molar-refractivity contribution in [2.45, 2.75) is 31.6 Å². The third kappa shape index (κ3) is 4.40. The van der Waals surface area contributed by atoms with Gasteiger partial charge in [0.1, 0.15) is 23.9 Å². The van der Waals surface area contributed by atoms with Crippen LogP contribution in [0.4, 0.5) is 4.79 Å². The van der Waals surface area contributed by atoms with E-state index in [-0.39, 0.29) is 25.3 Å². The van der Waals surface area contributed by atoms with Crippen LogP contribution in [0.2, 0.25) is 0 Å². The Hall–Kier alpha value is -4.05. The summed E-state index contributed by atoms with van der Waals surface area (Å²) in [5.74, 6) is 0. The van der Waals surface area contributed by atoms with E-state index in [1.165, 1.54) is 22.0 Å². The standard InChI is InChI=1S/C24H24N6O4/c31-22-20-13-27-30(19-7-10-25-11-8-19)21(20)26-17-29(22)16-24(33)9-4-12-28(15-24)23(32)34-14-18-5-2-1-3-6-18/h1-3,5-8,10-11,13,17,33H,4,9,12,14-16H2. The number of benzene rings is 1. The lowest BCUT2D eigenvalue weighted by Crippen LogP contribution is -2.53. The second-order valence-electron chi connectivity index (χ2n) is 8.47. The monoisotopic (exact) mass is 460 g/mol. The fraction of sp³-hybridized carbons (Fsp3) is 0.292. The molecule has 0 saturated carbocycles. The Labute approximate surface area is 195 Å². The predicted molar refractivity (Wildman–Crippen MR) is 123 cm³/mol. The molecule has 174 valence electrons. The number of carbonyl (C=O) groups is 1. The van der Waals surface area contributed by atoms with Gasteiger partial charge in [0.2, 0.25) is 0 Å². The number of β-amino-alcohol motifs (C(OH)–C–C–N with tert-alkyl or cyclic N) is 1. The molecule has 10 nitrogen and oxygen atoms in total. The number of amides is 1. The second kappa shape index (κ2) is 9.06. The first-order valence-electron chi connectivity index (χ1n) is 11.0. The molecule has 5 rings (SSSR count). The van der Waals surface area contributed by atoms with Gasteiger partial charge < -0.3 is 14.7 Å². The van der Waals surface area contributed by atoms with Gasteiger partial charge in [0.25, 0.3) is 5.56 Å². The van der Waals surface area contributed by atoms with E-state index in [0.29, 0.717) is 30.4 Å². The highest BCUT2D eigenvalue weighted by molar-refractivity contribution is 5.74. The van der Waals surface area contributed by atoms with E-state index >= 15 is 0 Å². The largest absolute Gasteiger partial charge is 0.445 e. The number of hydrogen-bond donors (Lipinski definition) is 1. The molecular weight excluding hydrogens is 436 g/mol. The van der Waals surface area contributed by atoms with E-state index in [4.69, 9.17) is 4.74 Å². The van der Waals surface area contributed by atoms with Crippen molar-refractivity contribution in [3.05, 3.63) is 83.3 Å². The molecule has 1 atom stereocenters. The molecule has 1 fully saturated rings. The summed E-state index contributed by atoms with van der Waals surface area (Å²) in [6, 6.07) is 13.0. The molecule has 4 heterocycles.